The van der Waals surface area contributed by atoms with Crippen molar-refractivity contribution in [3.63, 3.8) is 0 Å². The fourth-order valence-corrected chi connectivity index (χ4v) is 4.81. The molecule has 2 heterocycles. The number of halogens is 1. The van der Waals surface area contributed by atoms with Crippen molar-refractivity contribution >= 4 is 17.5 Å². The van der Waals surface area contributed by atoms with Crippen LogP contribution in [0.4, 0.5) is 0 Å². The Kier molecular flexibility index (Phi) is 6.79. The fraction of sp³-hybridized carbons (Fsp3) is 0.583. The van der Waals surface area contributed by atoms with Gasteiger partial charge in [0.2, 0.25) is 11.8 Å². The van der Waals surface area contributed by atoms with E-state index >= 15 is 0 Å². The van der Waals surface area contributed by atoms with Crippen LogP contribution in [0.15, 0.2) is 28.7 Å². The van der Waals surface area contributed by atoms with Crippen molar-refractivity contribution in [2.45, 2.75) is 65.0 Å². The molecule has 2 aromatic rings. The summed E-state index contributed by atoms with van der Waals surface area (Å²) in [5.41, 5.74) is 1.90. The van der Waals surface area contributed by atoms with Gasteiger partial charge >= 0.3 is 0 Å². The third kappa shape index (κ3) is 5.06. The molecule has 1 amide bonds. The van der Waals surface area contributed by atoms with Crippen LogP contribution in [0.2, 0.25) is 5.02 Å². The Morgan fingerprint density at radius 3 is 2.57 bits per heavy atom. The molecule has 6 heteroatoms. The van der Waals surface area contributed by atoms with E-state index in [9.17, 15) is 4.79 Å². The molecule has 162 valence electrons. The number of likely N-dealkylation sites (tertiary alicyclic amines) is 1. The smallest absolute Gasteiger partial charge is 0.226 e. The molecule has 1 saturated carbocycles. The molecular formula is C24H32ClN3O2. The second kappa shape index (κ2) is 9.52. The summed E-state index contributed by atoms with van der Waals surface area (Å²) in [5, 5.41) is 4.04. The van der Waals surface area contributed by atoms with Crippen LogP contribution in [0.25, 0.3) is 11.5 Å². The molecule has 0 spiro atoms. The molecule has 4 rings (SSSR count). The number of amides is 1. The van der Waals surface area contributed by atoms with Gasteiger partial charge in [0, 0.05) is 29.1 Å². The van der Waals surface area contributed by atoms with Gasteiger partial charge < -0.3 is 9.73 Å². The molecule has 1 aromatic carbocycles. The summed E-state index contributed by atoms with van der Waals surface area (Å²) in [6.45, 7) is 6.83. The molecule has 2 atom stereocenters. The van der Waals surface area contributed by atoms with Crippen LogP contribution in [0, 0.1) is 18.8 Å². The quantitative estimate of drug-likeness (QED) is 0.708. The molecule has 1 N–H and O–H groups in total. The van der Waals surface area contributed by atoms with Gasteiger partial charge in [-0.15, -0.1) is 0 Å². The van der Waals surface area contributed by atoms with E-state index in [2.05, 4.69) is 17.1 Å². The average Bonchev–Trinajstić information content (AvgIpc) is 3.11. The van der Waals surface area contributed by atoms with E-state index in [1.807, 2.05) is 31.2 Å². The maximum absolute atomic E-state index is 12.7. The Hall–Kier alpha value is -1.85. The SMILES string of the molecule is Cc1oc(-c2ccc(Cl)cc2)nc1CN1CCC(C(=O)NC2CCCCC2C)CC1. The number of oxazole rings is 1. The van der Waals surface area contributed by atoms with E-state index in [1.165, 1.54) is 19.3 Å². The number of benzene rings is 1. The first kappa shape index (κ1) is 21.4. The molecule has 2 aliphatic rings. The third-order valence-electron chi connectivity index (χ3n) is 6.75. The van der Waals surface area contributed by atoms with Crippen molar-refractivity contribution in [2.75, 3.05) is 13.1 Å². The molecular weight excluding hydrogens is 398 g/mol. The van der Waals surface area contributed by atoms with Crippen molar-refractivity contribution < 1.29 is 9.21 Å². The maximum Gasteiger partial charge on any atom is 0.226 e. The number of aromatic nitrogens is 1. The zero-order chi connectivity index (χ0) is 21.1. The van der Waals surface area contributed by atoms with E-state index in [-0.39, 0.29) is 11.8 Å². The number of piperidine rings is 1. The summed E-state index contributed by atoms with van der Waals surface area (Å²) < 4.78 is 5.89. The standard InChI is InChI=1S/C24H32ClN3O2/c1-16-5-3-4-6-21(16)26-23(29)18-11-13-28(14-12-18)15-22-17(2)30-24(27-22)19-7-9-20(25)10-8-19/h7-10,16,18,21H,3-6,11-15H2,1-2H3,(H,26,29). The van der Waals surface area contributed by atoms with Crippen molar-refractivity contribution in [3.8, 4) is 11.5 Å². The number of hydrogen-bond acceptors (Lipinski definition) is 4. The van der Waals surface area contributed by atoms with Crippen LogP contribution in [0.1, 0.15) is 56.9 Å². The maximum atomic E-state index is 12.7. The van der Waals surface area contributed by atoms with Crippen molar-refractivity contribution in [1.29, 1.82) is 0 Å². The molecule has 30 heavy (non-hydrogen) atoms. The number of carbonyl (C=O) groups excluding carboxylic acids is 1. The van der Waals surface area contributed by atoms with E-state index in [0.717, 1.165) is 55.9 Å². The van der Waals surface area contributed by atoms with Gasteiger partial charge in [-0.3, -0.25) is 9.69 Å². The molecule has 2 unspecified atom stereocenters. The lowest BCUT2D eigenvalue weighted by Crippen LogP contribution is -2.46. The summed E-state index contributed by atoms with van der Waals surface area (Å²) in [6, 6.07) is 7.91. The van der Waals surface area contributed by atoms with E-state index in [1.54, 1.807) is 0 Å². The van der Waals surface area contributed by atoms with Crippen LogP contribution < -0.4 is 5.32 Å². The number of nitrogens with one attached hydrogen (secondary N) is 1. The number of hydrogen-bond donors (Lipinski definition) is 1. The predicted octanol–water partition coefficient (Wildman–Crippen LogP) is 5.21. The normalized spacial score (nSPS) is 23.4. The molecule has 0 radical (unpaired) electrons. The molecule has 1 aromatic heterocycles. The summed E-state index contributed by atoms with van der Waals surface area (Å²) >= 11 is 5.97. The zero-order valence-corrected chi connectivity index (χ0v) is 18.8. The molecule has 2 fully saturated rings. The molecule has 1 saturated heterocycles. The van der Waals surface area contributed by atoms with Crippen LogP contribution in [0.5, 0.6) is 0 Å². The Morgan fingerprint density at radius 2 is 1.87 bits per heavy atom. The lowest BCUT2D eigenvalue weighted by molar-refractivity contribution is -0.127. The number of rotatable bonds is 5. The van der Waals surface area contributed by atoms with Gasteiger partial charge in [-0.05, 0) is 75.9 Å². The minimum absolute atomic E-state index is 0.137. The van der Waals surface area contributed by atoms with Crippen molar-refractivity contribution in [3.05, 3.63) is 40.7 Å². The Balaban J connectivity index is 1.29. The van der Waals surface area contributed by atoms with Crippen LogP contribution in [-0.2, 0) is 11.3 Å². The van der Waals surface area contributed by atoms with Gasteiger partial charge in [0.05, 0.1) is 5.69 Å². The van der Waals surface area contributed by atoms with Crippen LogP contribution in [0.3, 0.4) is 0 Å². The third-order valence-corrected chi connectivity index (χ3v) is 7.01. The predicted molar refractivity (Wildman–Crippen MR) is 119 cm³/mol. The molecule has 1 aliphatic heterocycles. The monoisotopic (exact) mass is 429 g/mol. The van der Waals surface area contributed by atoms with Crippen LogP contribution >= 0.6 is 11.6 Å². The zero-order valence-electron chi connectivity index (χ0n) is 18.0. The fourth-order valence-electron chi connectivity index (χ4n) is 4.69. The minimum Gasteiger partial charge on any atom is -0.441 e. The highest BCUT2D eigenvalue weighted by atomic mass is 35.5. The lowest BCUT2D eigenvalue weighted by atomic mass is 9.85. The van der Waals surface area contributed by atoms with Gasteiger partial charge in [0.15, 0.2) is 0 Å². The first-order chi connectivity index (χ1) is 14.5. The van der Waals surface area contributed by atoms with Crippen molar-refractivity contribution in [1.82, 2.24) is 15.2 Å². The summed E-state index contributed by atoms with van der Waals surface area (Å²) in [4.78, 5) is 19.8. The van der Waals surface area contributed by atoms with E-state index in [0.29, 0.717) is 22.9 Å². The summed E-state index contributed by atoms with van der Waals surface area (Å²) in [7, 11) is 0. The second-order valence-corrected chi connectivity index (χ2v) is 9.39. The highest BCUT2D eigenvalue weighted by Gasteiger charge is 2.29. The summed E-state index contributed by atoms with van der Waals surface area (Å²) in [5.74, 6) is 2.49. The second-order valence-electron chi connectivity index (χ2n) is 8.96. The molecule has 1 aliphatic carbocycles. The van der Waals surface area contributed by atoms with E-state index < -0.39 is 0 Å². The van der Waals surface area contributed by atoms with Gasteiger partial charge in [-0.1, -0.05) is 31.4 Å². The number of nitrogens with zero attached hydrogens (tertiary/aromatic N) is 2. The topological polar surface area (TPSA) is 58.4 Å². The van der Waals surface area contributed by atoms with E-state index in [4.69, 9.17) is 21.0 Å². The van der Waals surface area contributed by atoms with Crippen LogP contribution in [-0.4, -0.2) is 34.9 Å². The largest absolute Gasteiger partial charge is 0.441 e. The molecule has 5 nitrogen and oxygen atoms in total. The first-order valence-electron chi connectivity index (χ1n) is 11.2. The Bertz CT molecular complexity index is 856. The molecule has 0 bridgehead atoms. The average molecular weight is 430 g/mol. The van der Waals surface area contributed by atoms with Crippen molar-refractivity contribution in [2.24, 2.45) is 11.8 Å². The highest BCUT2D eigenvalue weighted by Crippen LogP contribution is 2.27. The van der Waals surface area contributed by atoms with Gasteiger partial charge in [-0.25, -0.2) is 4.98 Å². The van der Waals surface area contributed by atoms with Gasteiger partial charge in [0.1, 0.15) is 5.76 Å². The van der Waals surface area contributed by atoms with Gasteiger partial charge in [-0.2, -0.15) is 0 Å². The Morgan fingerprint density at radius 1 is 1.17 bits per heavy atom. The lowest BCUT2D eigenvalue weighted by Gasteiger charge is -2.34. The Labute approximate surface area is 184 Å². The first-order valence-corrected chi connectivity index (χ1v) is 11.6. The summed E-state index contributed by atoms with van der Waals surface area (Å²) in [6.07, 6.45) is 6.73. The number of aryl methyl sites for hydroxylation is 1. The highest BCUT2D eigenvalue weighted by molar-refractivity contribution is 6.30. The van der Waals surface area contributed by atoms with Gasteiger partial charge in [0.25, 0.3) is 0 Å². The number of carbonyl (C=O) groups is 1. The minimum atomic E-state index is 0.137.